The van der Waals surface area contributed by atoms with Gasteiger partial charge in [-0.15, -0.1) is 0 Å². The highest BCUT2D eigenvalue weighted by atomic mass is 16.4. The topological polar surface area (TPSA) is 35.1 Å². The molecule has 0 amide bonds. The largest absolute Gasteiger partial charge is 0.419 e. The Balaban J connectivity index is 2.92. The summed E-state index contributed by atoms with van der Waals surface area (Å²) in [5.41, 5.74) is 0. The van der Waals surface area contributed by atoms with Crippen molar-refractivity contribution in [1.82, 2.24) is 4.57 Å². The predicted octanol–water partition coefficient (Wildman–Crippen LogP) is 1.16. The van der Waals surface area contributed by atoms with E-state index in [1.807, 2.05) is 6.92 Å². The van der Waals surface area contributed by atoms with Crippen molar-refractivity contribution in [3.05, 3.63) is 22.5 Å². The first-order chi connectivity index (χ1) is 4.74. The van der Waals surface area contributed by atoms with Crippen LogP contribution in [0.4, 0.5) is 0 Å². The molecular formula is C7H11NO2. The molecule has 0 saturated heterocycles. The van der Waals surface area contributed by atoms with Crippen LogP contribution in [0.3, 0.4) is 0 Å². The lowest BCUT2D eigenvalue weighted by atomic mass is 10.5. The van der Waals surface area contributed by atoms with Crippen LogP contribution in [-0.2, 0) is 6.54 Å². The van der Waals surface area contributed by atoms with Crippen LogP contribution >= 0.6 is 0 Å². The Bertz CT molecular complexity index is 259. The smallest absolute Gasteiger partial charge is 0.413 e. The van der Waals surface area contributed by atoms with Gasteiger partial charge in [0.15, 0.2) is 0 Å². The zero-order chi connectivity index (χ0) is 7.56. The molecule has 0 unspecified atom stereocenters. The zero-order valence-corrected chi connectivity index (χ0v) is 6.26. The van der Waals surface area contributed by atoms with Crippen LogP contribution in [0.2, 0.25) is 0 Å². The molecule has 0 bridgehead atoms. The minimum absolute atomic E-state index is 0.251. The molecule has 0 aliphatic heterocycles. The highest BCUT2D eigenvalue weighted by molar-refractivity contribution is 4.86. The molecule has 1 heterocycles. The van der Waals surface area contributed by atoms with E-state index in [-0.39, 0.29) is 5.76 Å². The Morgan fingerprint density at radius 3 is 2.80 bits per heavy atom. The molecule has 3 heteroatoms. The Kier molecular flexibility index (Phi) is 1.94. The van der Waals surface area contributed by atoms with Gasteiger partial charge in [0.05, 0.1) is 0 Å². The van der Waals surface area contributed by atoms with Crippen LogP contribution in [-0.4, -0.2) is 4.57 Å². The molecule has 0 aliphatic carbocycles. The first-order valence-corrected chi connectivity index (χ1v) is 3.41. The van der Waals surface area contributed by atoms with E-state index in [2.05, 4.69) is 0 Å². The van der Waals surface area contributed by atoms with Gasteiger partial charge in [-0.25, -0.2) is 4.79 Å². The van der Waals surface area contributed by atoms with Gasteiger partial charge < -0.3 is 4.42 Å². The van der Waals surface area contributed by atoms with Crippen LogP contribution in [0.5, 0.6) is 0 Å². The Labute approximate surface area is 59.3 Å². The van der Waals surface area contributed by atoms with Crippen LogP contribution in [0, 0.1) is 6.92 Å². The van der Waals surface area contributed by atoms with Crippen molar-refractivity contribution < 1.29 is 4.42 Å². The monoisotopic (exact) mass is 141 g/mol. The third-order valence-corrected chi connectivity index (χ3v) is 1.28. The van der Waals surface area contributed by atoms with Crippen molar-refractivity contribution in [3.63, 3.8) is 0 Å². The second kappa shape index (κ2) is 2.73. The van der Waals surface area contributed by atoms with Gasteiger partial charge in [0.1, 0.15) is 5.76 Å². The summed E-state index contributed by atoms with van der Waals surface area (Å²) in [6.45, 7) is 4.54. The van der Waals surface area contributed by atoms with Gasteiger partial charge in [-0.05, 0) is 13.3 Å². The fraction of sp³-hybridized carbons (Fsp3) is 0.571. The van der Waals surface area contributed by atoms with Crippen LogP contribution in [0.15, 0.2) is 15.4 Å². The molecule has 3 nitrogen and oxygen atoms in total. The second-order valence-corrected chi connectivity index (χ2v) is 2.30. The van der Waals surface area contributed by atoms with Crippen molar-refractivity contribution in [2.24, 2.45) is 0 Å². The number of rotatable bonds is 2. The van der Waals surface area contributed by atoms with E-state index in [4.69, 9.17) is 4.42 Å². The van der Waals surface area contributed by atoms with E-state index in [9.17, 15) is 4.79 Å². The zero-order valence-electron chi connectivity index (χ0n) is 6.26. The van der Waals surface area contributed by atoms with Crippen LogP contribution < -0.4 is 5.76 Å². The molecule has 0 N–H and O–H groups in total. The highest BCUT2D eigenvalue weighted by Crippen LogP contribution is 1.93. The molecule has 1 aromatic rings. The molecule has 1 aromatic heterocycles. The number of nitrogens with zero attached hydrogens (tertiary/aromatic N) is 1. The predicted molar refractivity (Wildman–Crippen MR) is 38.0 cm³/mol. The van der Waals surface area contributed by atoms with Crippen LogP contribution in [0.1, 0.15) is 19.1 Å². The minimum atomic E-state index is -0.251. The summed E-state index contributed by atoms with van der Waals surface area (Å²) in [6, 6.07) is 0. The SMILES string of the molecule is CCCn1cc(C)oc1=O. The highest BCUT2D eigenvalue weighted by Gasteiger charge is 1.98. The maximum Gasteiger partial charge on any atom is 0.419 e. The van der Waals surface area contributed by atoms with Crippen molar-refractivity contribution >= 4 is 0 Å². The molecule has 0 saturated carbocycles. The van der Waals surface area contributed by atoms with Gasteiger partial charge in [-0.3, -0.25) is 4.57 Å². The Hall–Kier alpha value is -0.990. The number of hydrogen-bond acceptors (Lipinski definition) is 2. The lowest BCUT2D eigenvalue weighted by molar-refractivity contribution is 0.457. The lowest BCUT2D eigenvalue weighted by Crippen LogP contribution is -2.12. The van der Waals surface area contributed by atoms with E-state index in [1.165, 1.54) is 0 Å². The maximum atomic E-state index is 10.8. The third kappa shape index (κ3) is 1.29. The molecule has 0 radical (unpaired) electrons. The minimum Gasteiger partial charge on any atom is -0.413 e. The molecule has 0 fully saturated rings. The summed E-state index contributed by atoms with van der Waals surface area (Å²) in [5.74, 6) is 0.429. The van der Waals surface area contributed by atoms with Crippen molar-refractivity contribution in [3.8, 4) is 0 Å². The van der Waals surface area contributed by atoms with Gasteiger partial charge in [0, 0.05) is 12.7 Å². The van der Waals surface area contributed by atoms with Gasteiger partial charge in [-0.1, -0.05) is 6.92 Å². The quantitative estimate of drug-likeness (QED) is 0.619. The number of hydrogen-bond donors (Lipinski definition) is 0. The summed E-state index contributed by atoms with van der Waals surface area (Å²) in [7, 11) is 0. The van der Waals surface area contributed by atoms with Gasteiger partial charge in [-0.2, -0.15) is 0 Å². The van der Waals surface area contributed by atoms with E-state index < -0.39 is 0 Å². The number of aryl methyl sites for hydroxylation is 2. The standard InChI is InChI=1S/C7H11NO2/c1-3-4-8-5-6(2)10-7(8)9/h5H,3-4H2,1-2H3. The van der Waals surface area contributed by atoms with Gasteiger partial charge in [0.2, 0.25) is 0 Å². The van der Waals surface area contributed by atoms with E-state index in [1.54, 1.807) is 17.7 Å². The summed E-state index contributed by atoms with van der Waals surface area (Å²) >= 11 is 0. The average Bonchev–Trinajstić information content (AvgIpc) is 2.13. The van der Waals surface area contributed by atoms with Crippen molar-refractivity contribution in [1.29, 1.82) is 0 Å². The van der Waals surface area contributed by atoms with Gasteiger partial charge >= 0.3 is 5.76 Å². The van der Waals surface area contributed by atoms with Crippen molar-refractivity contribution in [2.45, 2.75) is 26.8 Å². The first kappa shape index (κ1) is 7.12. The fourth-order valence-corrected chi connectivity index (χ4v) is 0.892. The Morgan fingerprint density at radius 2 is 2.40 bits per heavy atom. The summed E-state index contributed by atoms with van der Waals surface area (Å²) in [6.07, 6.45) is 2.69. The first-order valence-electron chi connectivity index (χ1n) is 3.41. The molecule has 1 rings (SSSR count). The molecule has 56 valence electrons. The van der Waals surface area contributed by atoms with Gasteiger partial charge in [0.25, 0.3) is 0 Å². The average molecular weight is 141 g/mol. The summed E-state index contributed by atoms with van der Waals surface area (Å²) in [4.78, 5) is 10.8. The van der Waals surface area contributed by atoms with E-state index >= 15 is 0 Å². The Morgan fingerprint density at radius 1 is 1.70 bits per heavy atom. The fourth-order valence-electron chi connectivity index (χ4n) is 0.892. The molecular weight excluding hydrogens is 130 g/mol. The second-order valence-electron chi connectivity index (χ2n) is 2.30. The maximum absolute atomic E-state index is 10.8. The lowest BCUT2D eigenvalue weighted by Gasteiger charge is -1.91. The molecule has 0 spiro atoms. The molecule has 0 aliphatic rings. The molecule has 10 heavy (non-hydrogen) atoms. The summed E-state index contributed by atoms with van der Waals surface area (Å²) < 4.78 is 6.35. The van der Waals surface area contributed by atoms with Crippen LogP contribution in [0.25, 0.3) is 0 Å². The third-order valence-electron chi connectivity index (χ3n) is 1.28. The van der Waals surface area contributed by atoms with E-state index in [0.717, 1.165) is 13.0 Å². The normalized spacial score (nSPS) is 10.2. The molecule has 0 atom stereocenters. The van der Waals surface area contributed by atoms with Crippen molar-refractivity contribution in [2.75, 3.05) is 0 Å². The number of oxazole rings is 1. The van der Waals surface area contributed by atoms with E-state index in [0.29, 0.717) is 5.76 Å². The number of aromatic nitrogens is 1. The molecule has 0 aromatic carbocycles. The summed E-state index contributed by atoms with van der Waals surface area (Å²) in [5, 5.41) is 0.